The Kier molecular flexibility index (Phi) is 7.06. The van der Waals surface area contributed by atoms with E-state index in [0.717, 1.165) is 33.9 Å². The van der Waals surface area contributed by atoms with Gasteiger partial charge in [0.05, 0.1) is 11.0 Å². The minimum absolute atomic E-state index is 0.486. The van der Waals surface area contributed by atoms with Crippen molar-refractivity contribution in [3.8, 4) is 39.7 Å². The topological polar surface area (TPSA) is 47.1 Å². The van der Waals surface area contributed by atoms with E-state index < -0.39 is 0 Å². The zero-order valence-corrected chi connectivity index (χ0v) is 26.5. The average Bonchev–Trinajstić information content (AvgIpc) is 3.81. The highest BCUT2D eigenvalue weighted by Gasteiger charge is 2.17. The van der Waals surface area contributed by atoms with Gasteiger partial charge >= 0.3 is 0 Å². The molecule has 9 aromatic rings. The zero-order valence-electron chi connectivity index (χ0n) is 26.5. The van der Waals surface area contributed by atoms with E-state index in [1.54, 1.807) is 0 Å². The van der Waals surface area contributed by atoms with E-state index in [-0.39, 0.29) is 0 Å². The van der Waals surface area contributed by atoms with Crippen molar-refractivity contribution in [3.05, 3.63) is 182 Å². The normalized spacial score (nSPS) is 11.3. The van der Waals surface area contributed by atoms with E-state index >= 15 is 0 Å². The van der Waals surface area contributed by atoms with Crippen molar-refractivity contribution < 1.29 is 4.52 Å². The molecule has 0 aliphatic rings. The van der Waals surface area contributed by atoms with Gasteiger partial charge in [0.25, 0.3) is 5.89 Å². The van der Waals surface area contributed by atoms with Gasteiger partial charge in [-0.1, -0.05) is 114 Å². The van der Waals surface area contributed by atoms with E-state index in [1.165, 1.54) is 32.9 Å². The van der Waals surface area contributed by atoms with Crippen LogP contribution in [0.15, 0.2) is 187 Å². The Hall–Kier alpha value is -6.72. The van der Waals surface area contributed by atoms with Gasteiger partial charge in [-0.15, -0.1) is 0 Å². The van der Waals surface area contributed by atoms with Gasteiger partial charge in [-0.25, -0.2) is 0 Å². The summed E-state index contributed by atoms with van der Waals surface area (Å²) < 4.78 is 8.01. The monoisotopic (exact) mass is 630 g/mol. The maximum absolute atomic E-state index is 5.66. The van der Waals surface area contributed by atoms with Crippen molar-refractivity contribution in [2.45, 2.75) is 0 Å². The minimum atomic E-state index is 0.486. The lowest BCUT2D eigenvalue weighted by molar-refractivity contribution is 0.432. The van der Waals surface area contributed by atoms with Crippen LogP contribution in [-0.4, -0.2) is 14.7 Å². The van der Waals surface area contributed by atoms with Crippen LogP contribution in [0.5, 0.6) is 0 Å². The molecule has 0 aliphatic heterocycles. The molecule has 0 amide bonds. The van der Waals surface area contributed by atoms with Gasteiger partial charge in [-0.3, -0.25) is 0 Å². The van der Waals surface area contributed by atoms with Crippen molar-refractivity contribution in [2.75, 3.05) is 4.90 Å². The first-order valence-electron chi connectivity index (χ1n) is 16.3. The summed E-state index contributed by atoms with van der Waals surface area (Å²) in [6.45, 7) is 0. The summed E-state index contributed by atoms with van der Waals surface area (Å²) in [4.78, 5) is 6.94. The lowest BCUT2D eigenvalue weighted by atomic mass is 10.0. The molecular formula is C44H30N4O. The highest BCUT2D eigenvalue weighted by atomic mass is 16.5. The Bertz CT molecular complexity index is 2460. The molecule has 0 unspecified atom stereocenters. The SMILES string of the molecule is c1ccc(-c2ccc(N(c3ccc(-c4nc(-c5ccccc5)no4)cc3)c3ccc(-n4c5ccccc5c5ccccc54)cc3)cc2)cc1. The van der Waals surface area contributed by atoms with Gasteiger partial charge in [-0.2, -0.15) is 4.98 Å². The van der Waals surface area contributed by atoms with E-state index in [2.05, 4.69) is 153 Å². The molecule has 0 saturated heterocycles. The summed E-state index contributed by atoms with van der Waals surface area (Å²) in [6.07, 6.45) is 0. The van der Waals surface area contributed by atoms with Crippen LogP contribution in [0.2, 0.25) is 0 Å². The van der Waals surface area contributed by atoms with Gasteiger partial charge in [0, 0.05) is 44.6 Å². The number of benzene rings is 7. The lowest BCUT2D eigenvalue weighted by Gasteiger charge is -2.26. The Morgan fingerprint density at radius 3 is 1.43 bits per heavy atom. The van der Waals surface area contributed by atoms with Crippen molar-refractivity contribution in [1.82, 2.24) is 14.7 Å². The molecule has 2 heterocycles. The third kappa shape index (κ3) is 5.24. The number of anilines is 3. The lowest BCUT2D eigenvalue weighted by Crippen LogP contribution is -2.10. The Balaban J connectivity index is 1.10. The van der Waals surface area contributed by atoms with Gasteiger partial charge in [-0.05, 0) is 83.9 Å². The molecule has 0 N–H and O–H groups in total. The molecule has 232 valence electrons. The first kappa shape index (κ1) is 28.5. The van der Waals surface area contributed by atoms with E-state index in [0.29, 0.717) is 11.7 Å². The summed E-state index contributed by atoms with van der Waals surface area (Å²) >= 11 is 0. The van der Waals surface area contributed by atoms with Crippen LogP contribution in [0.1, 0.15) is 0 Å². The third-order valence-electron chi connectivity index (χ3n) is 9.01. The van der Waals surface area contributed by atoms with Crippen molar-refractivity contribution in [2.24, 2.45) is 0 Å². The van der Waals surface area contributed by atoms with E-state index in [1.807, 2.05) is 48.5 Å². The molecule has 2 aromatic heterocycles. The summed E-state index contributed by atoms with van der Waals surface area (Å²) in [5, 5.41) is 6.72. The van der Waals surface area contributed by atoms with E-state index in [4.69, 9.17) is 4.52 Å². The minimum Gasteiger partial charge on any atom is -0.334 e. The molecule has 0 fully saturated rings. The fraction of sp³-hybridized carbons (Fsp3) is 0. The highest BCUT2D eigenvalue weighted by Crippen LogP contribution is 2.38. The summed E-state index contributed by atoms with van der Waals surface area (Å²) in [6, 6.07) is 63.4. The fourth-order valence-electron chi connectivity index (χ4n) is 6.63. The molecule has 0 aliphatic carbocycles. The van der Waals surface area contributed by atoms with Crippen molar-refractivity contribution in [1.29, 1.82) is 0 Å². The molecule has 5 nitrogen and oxygen atoms in total. The Morgan fingerprint density at radius 1 is 0.408 bits per heavy atom. The standard InChI is InChI=1S/C44H30N4O/c1-3-11-31(12-4-1)32-19-23-35(24-20-32)47(36-25-21-34(22-26-36)44-45-43(46-49-44)33-13-5-2-6-14-33)37-27-29-38(30-28-37)48-41-17-9-7-15-39(41)40-16-8-10-18-42(40)48/h1-30H. The second-order valence-electron chi connectivity index (χ2n) is 12.0. The zero-order chi connectivity index (χ0) is 32.6. The van der Waals surface area contributed by atoms with Crippen LogP contribution in [0.3, 0.4) is 0 Å². The van der Waals surface area contributed by atoms with Crippen LogP contribution in [0.25, 0.3) is 61.5 Å². The predicted octanol–water partition coefficient (Wildman–Crippen LogP) is 11.6. The molecule has 0 radical (unpaired) electrons. The van der Waals surface area contributed by atoms with Crippen molar-refractivity contribution in [3.63, 3.8) is 0 Å². The molecule has 0 saturated carbocycles. The average molecular weight is 631 g/mol. The number of hydrogen-bond donors (Lipinski definition) is 0. The quantitative estimate of drug-likeness (QED) is 0.176. The van der Waals surface area contributed by atoms with Crippen LogP contribution >= 0.6 is 0 Å². The second-order valence-corrected chi connectivity index (χ2v) is 12.0. The molecule has 7 aromatic carbocycles. The Morgan fingerprint density at radius 2 is 0.857 bits per heavy atom. The van der Waals surface area contributed by atoms with Gasteiger partial charge < -0.3 is 14.0 Å². The number of fused-ring (bicyclic) bond motifs is 3. The Labute approximate surface area is 284 Å². The maximum Gasteiger partial charge on any atom is 0.258 e. The molecule has 0 atom stereocenters. The maximum atomic E-state index is 5.66. The highest BCUT2D eigenvalue weighted by molar-refractivity contribution is 6.09. The van der Waals surface area contributed by atoms with Gasteiger partial charge in [0.1, 0.15) is 0 Å². The van der Waals surface area contributed by atoms with E-state index in [9.17, 15) is 0 Å². The number of para-hydroxylation sites is 2. The molecule has 5 heteroatoms. The fourth-order valence-corrected chi connectivity index (χ4v) is 6.63. The number of nitrogens with zero attached hydrogens (tertiary/aromatic N) is 4. The molecular weight excluding hydrogens is 601 g/mol. The molecule has 0 spiro atoms. The smallest absolute Gasteiger partial charge is 0.258 e. The van der Waals surface area contributed by atoms with Crippen LogP contribution in [0.4, 0.5) is 17.1 Å². The largest absolute Gasteiger partial charge is 0.334 e. The van der Waals surface area contributed by atoms with Gasteiger partial charge in [0.2, 0.25) is 5.82 Å². The van der Waals surface area contributed by atoms with Crippen LogP contribution in [-0.2, 0) is 0 Å². The van der Waals surface area contributed by atoms with Crippen molar-refractivity contribution >= 4 is 38.9 Å². The number of hydrogen-bond acceptors (Lipinski definition) is 4. The first-order valence-corrected chi connectivity index (χ1v) is 16.3. The number of rotatable bonds is 7. The molecule has 9 rings (SSSR count). The summed E-state index contributed by atoms with van der Waals surface area (Å²) in [5.41, 5.74) is 10.8. The molecule has 0 bridgehead atoms. The summed E-state index contributed by atoms with van der Waals surface area (Å²) in [7, 11) is 0. The third-order valence-corrected chi connectivity index (χ3v) is 9.01. The predicted molar refractivity (Wildman–Crippen MR) is 200 cm³/mol. The summed E-state index contributed by atoms with van der Waals surface area (Å²) in [5.74, 6) is 1.06. The first-order chi connectivity index (χ1) is 24.3. The van der Waals surface area contributed by atoms with Gasteiger partial charge in [0.15, 0.2) is 0 Å². The van der Waals surface area contributed by atoms with Crippen LogP contribution < -0.4 is 4.90 Å². The second kappa shape index (κ2) is 12.1. The van der Waals surface area contributed by atoms with Crippen LogP contribution in [0, 0.1) is 0 Å². The molecule has 49 heavy (non-hydrogen) atoms. The number of aromatic nitrogens is 3.